The van der Waals surface area contributed by atoms with E-state index in [4.69, 9.17) is 0 Å². The molecule has 1 aromatic heterocycles. The third-order valence-corrected chi connectivity index (χ3v) is 3.29. The first kappa shape index (κ1) is 13.7. The van der Waals surface area contributed by atoms with Gasteiger partial charge in [0.1, 0.15) is 17.5 Å². The van der Waals surface area contributed by atoms with Gasteiger partial charge >= 0.3 is 0 Å². The highest BCUT2D eigenvalue weighted by Crippen LogP contribution is 2.25. The van der Waals surface area contributed by atoms with Gasteiger partial charge in [-0.05, 0) is 26.7 Å². The van der Waals surface area contributed by atoms with E-state index in [0.29, 0.717) is 6.04 Å². The average Bonchev–Trinajstić information content (AvgIpc) is 2.33. The van der Waals surface area contributed by atoms with Crippen LogP contribution >= 0.6 is 0 Å². The molecular weight excluding hydrogens is 212 g/mol. The van der Waals surface area contributed by atoms with E-state index in [-0.39, 0.29) is 0 Å². The van der Waals surface area contributed by atoms with Gasteiger partial charge in [-0.1, -0.05) is 13.8 Å². The van der Waals surface area contributed by atoms with Crippen LogP contribution in [0, 0.1) is 13.8 Å². The Morgan fingerprint density at radius 3 is 2.24 bits per heavy atom. The number of rotatable bonds is 5. The molecule has 1 heterocycles. The van der Waals surface area contributed by atoms with Gasteiger partial charge in [0.05, 0.1) is 0 Å². The Balaban J connectivity index is 3.16. The minimum Gasteiger partial charge on any atom is -0.373 e. The fraction of sp³-hybridized carbons (Fsp3) is 0.692. The highest BCUT2D eigenvalue weighted by molar-refractivity contribution is 5.58. The van der Waals surface area contributed by atoms with Gasteiger partial charge in [0.25, 0.3) is 0 Å². The monoisotopic (exact) mass is 236 g/mol. The lowest BCUT2D eigenvalue weighted by atomic mass is 10.1. The molecule has 0 fully saturated rings. The van der Waals surface area contributed by atoms with Crippen molar-refractivity contribution in [2.75, 3.05) is 24.3 Å². The first-order valence-corrected chi connectivity index (χ1v) is 6.30. The Hall–Kier alpha value is -1.32. The summed E-state index contributed by atoms with van der Waals surface area (Å²) in [5, 5.41) is 3.13. The van der Waals surface area contributed by atoms with E-state index in [1.807, 2.05) is 14.0 Å². The smallest absolute Gasteiger partial charge is 0.137 e. The molecule has 0 saturated carbocycles. The maximum absolute atomic E-state index is 4.57. The van der Waals surface area contributed by atoms with Crippen LogP contribution in [0.25, 0.3) is 0 Å². The second-order valence-electron chi connectivity index (χ2n) is 4.40. The fourth-order valence-corrected chi connectivity index (χ4v) is 2.21. The topological polar surface area (TPSA) is 41.1 Å². The van der Waals surface area contributed by atoms with Crippen LogP contribution in [0.15, 0.2) is 0 Å². The number of hydrogen-bond donors (Lipinski definition) is 1. The summed E-state index contributed by atoms with van der Waals surface area (Å²) < 4.78 is 0. The molecule has 0 amide bonds. The van der Waals surface area contributed by atoms with Crippen molar-refractivity contribution in [2.45, 2.75) is 46.6 Å². The fourth-order valence-electron chi connectivity index (χ4n) is 2.21. The van der Waals surface area contributed by atoms with E-state index < -0.39 is 0 Å². The predicted molar refractivity (Wildman–Crippen MR) is 73.8 cm³/mol. The van der Waals surface area contributed by atoms with Crippen LogP contribution in [-0.4, -0.2) is 30.1 Å². The average molecular weight is 236 g/mol. The SMILES string of the molecule is CCC(CC)N(C)c1nc(C)nc(NC)c1C. The lowest BCUT2D eigenvalue weighted by Gasteiger charge is -2.29. The van der Waals surface area contributed by atoms with E-state index >= 15 is 0 Å². The van der Waals surface area contributed by atoms with Gasteiger partial charge in [-0.15, -0.1) is 0 Å². The standard InChI is InChI=1S/C13H24N4/c1-7-11(8-2)17(6)13-9(3)12(14-5)15-10(4)16-13/h11H,7-8H2,1-6H3,(H,14,15,16). The highest BCUT2D eigenvalue weighted by Gasteiger charge is 2.17. The highest BCUT2D eigenvalue weighted by atomic mass is 15.2. The van der Waals surface area contributed by atoms with Gasteiger partial charge < -0.3 is 10.2 Å². The number of aromatic nitrogens is 2. The third-order valence-electron chi connectivity index (χ3n) is 3.29. The number of nitrogens with one attached hydrogen (secondary N) is 1. The zero-order valence-electron chi connectivity index (χ0n) is 11.8. The van der Waals surface area contributed by atoms with Crippen LogP contribution in [0.4, 0.5) is 11.6 Å². The lowest BCUT2D eigenvalue weighted by Crippen LogP contribution is -2.32. The molecule has 0 aliphatic heterocycles. The first-order valence-electron chi connectivity index (χ1n) is 6.30. The van der Waals surface area contributed by atoms with E-state index in [2.05, 4.69) is 48.0 Å². The molecule has 0 saturated heterocycles. The molecule has 0 radical (unpaired) electrons. The minimum absolute atomic E-state index is 0.535. The van der Waals surface area contributed by atoms with Crippen LogP contribution in [0.5, 0.6) is 0 Å². The summed E-state index contributed by atoms with van der Waals surface area (Å²) in [4.78, 5) is 11.2. The van der Waals surface area contributed by atoms with Crippen molar-refractivity contribution >= 4 is 11.6 Å². The Labute approximate surface area is 104 Å². The largest absolute Gasteiger partial charge is 0.373 e. The third kappa shape index (κ3) is 2.87. The Morgan fingerprint density at radius 2 is 1.76 bits per heavy atom. The van der Waals surface area contributed by atoms with Crippen LogP contribution in [-0.2, 0) is 0 Å². The summed E-state index contributed by atoms with van der Waals surface area (Å²) in [6.07, 6.45) is 2.26. The molecule has 0 atom stereocenters. The van der Waals surface area contributed by atoms with Crippen LogP contribution in [0.1, 0.15) is 38.1 Å². The Morgan fingerprint density at radius 1 is 1.18 bits per heavy atom. The minimum atomic E-state index is 0.535. The van der Waals surface area contributed by atoms with Crippen LogP contribution in [0.3, 0.4) is 0 Å². The number of nitrogens with zero attached hydrogens (tertiary/aromatic N) is 3. The van der Waals surface area contributed by atoms with Crippen molar-refractivity contribution in [1.29, 1.82) is 0 Å². The summed E-state index contributed by atoms with van der Waals surface area (Å²) in [6.45, 7) is 8.43. The van der Waals surface area contributed by atoms with Crippen molar-refractivity contribution in [3.63, 3.8) is 0 Å². The zero-order chi connectivity index (χ0) is 13.0. The number of aryl methyl sites for hydroxylation is 1. The summed E-state index contributed by atoms with van der Waals surface area (Å²) in [5.41, 5.74) is 1.12. The van der Waals surface area contributed by atoms with Crippen LogP contribution in [0.2, 0.25) is 0 Å². The van der Waals surface area contributed by atoms with Gasteiger partial charge in [0.15, 0.2) is 0 Å². The zero-order valence-corrected chi connectivity index (χ0v) is 11.8. The van der Waals surface area contributed by atoms with Gasteiger partial charge in [0.2, 0.25) is 0 Å². The quantitative estimate of drug-likeness (QED) is 0.853. The van der Waals surface area contributed by atoms with Crippen molar-refractivity contribution in [1.82, 2.24) is 9.97 Å². The molecule has 0 spiro atoms. The molecular formula is C13H24N4. The molecule has 17 heavy (non-hydrogen) atoms. The summed E-state index contributed by atoms with van der Waals surface area (Å²) in [5.74, 6) is 2.77. The molecule has 96 valence electrons. The maximum atomic E-state index is 4.57. The van der Waals surface area contributed by atoms with Gasteiger partial charge in [-0.3, -0.25) is 0 Å². The molecule has 1 rings (SSSR count). The Kier molecular flexibility index (Phi) is 4.73. The molecule has 0 unspecified atom stereocenters. The molecule has 1 N–H and O–H groups in total. The van der Waals surface area contributed by atoms with E-state index in [0.717, 1.165) is 35.9 Å². The summed E-state index contributed by atoms with van der Waals surface area (Å²) in [7, 11) is 4.02. The van der Waals surface area contributed by atoms with Crippen molar-refractivity contribution in [3.05, 3.63) is 11.4 Å². The number of anilines is 2. The molecule has 0 bridgehead atoms. The van der Waals surface area contributed by atoms with Gasteiger partial charge in [-0.2, -0.15) is 0 Å². The summed E-state index contributed by atoms with van der Waals surface area (Å²) >= 11 is 0. The van der Waals surface area contributed by atoms with Crippen molar-refractivity contribution in [3.8, 4) is 0 Å². The van der Waals surface area contributed by atoms with Crippen LogP contribution < -0.4 is 10.2 Å². The Bertz CT molecular complexity index is 372. The predicted octanol–water partition coefficient (Wildman–Crippen LogP) is 2.76. The van der Waals surface area contributed by atoms with E-state index in [1.165, 1.54) is 0 Å². The van der Waals surface area contributed by atoms with Crippen molar-refractivity contribution in [2.24, 2.45) is 0 Å². The second kappa shape index (κ2) is 5.84. The normalized spacial score (nSPS) is 10.8. The maximum Gasteiger partial charge on any atom is 0.137 e. The molecule has 0 aliphatic carbocycles. The first-order chi connectivity index (χ1) is 8.04. The van der Waals surface area contributed by atoms with Crippen molar-refractivity contribution < 1.29 is 0 Å². The van der Waals surface area contributed by atoms with E-state index in [9.17, 15) is 0 Å². The van der Waals surface area contributed by atoms with Gasteiger partial charge in [0, 0.05) is 25.7 Å². The number of hydrogen-bond acceptors (Lipinski definition) is 4. The molecule has 4 heteroatoms. The molecule has 1 aromatic rings. The second-order valence-corrected chi connectivity index (χ2v) is 4.40. The van der Waals surface area contributed by atoms with Gasteiger partial charge in [-0.25, -0.2) is 9.97 Å². The molecule has 4 nitrogen and oxygen atoms in total. The lowest BCUT2D eigenvalue weighted by molar-refractivity contribution is 0.584. The summed E-state index contributed by atoms with van der Waals surface area (Å²) in [6, 6.07) is 0.535. The molecule has 0 aliphatic rings. The molecule has 0 aromatic carbocycles. The van der Waals surface area contributed by atoms with E-state index in [1.54, 1.807) is 0 Å².